The van der Waals surface area contributed by atoms with Crippen molar-refractivity contribution in [2.75, 3.05) is 31.1 Å². The van der Waals surface area contributed by atoms with Crippen LogP contribution < -0.4 is 23.8 Å². The van der Waals surface area contributed by atoms with E-state index in [1.54, 1.807) is 18.2 Å². The number of anilines is 1. The van der Waals surface area contributed by atoms with Gasteiger partial charge in [0, 0.05) is 0 Å². The topological polar surface area (TPSA) is 94.2 Å². The minimum Gasteiger partial charge on any atom is -0.497 e. The molecule has 0 aromatic heterocycles. The maximum Gasteiger partial charge on any atom is 0.264 e. The van der Waals surface area contributed by atoms with Crippen molar-refractivity contribution in [3.63, 3.8) is 0 Å². The number of hydrogen-bond donors (Lipinski definition) is 1. The van der Waals surface area contributed by atoms with Crippen molar-refractivity contribution < 1.29 is 27.4 Å². The van der Waals surface area contributed by atoms with Crippen LogP contribution in [0.2, 0.25) is 0 Å². The lowest BCUT2D eigenvalue weighted by molar-refractivity contribution is -0.127. The van der Waals surface area contributed by atoms with Gasteiger partial charge in [-0.15, -0.1) is 0 Å². The summed E-state index contributed by atoms with van der Waals surface area (Å²) >= 11 is 0. The molecule has 1 atom stereocenters. The quantitative estimate of drug-likeness (QED) is 0.405. The molecule has 0 saturated heterocycles. The highest BCUT2D eigenvalue weighted by Crippen LogP contribution is 2.40. The molecule has 39 heavy (non-hydrogen) atoms. The number of amides is 1. The smallest absolute Gasteiger partial charge is 0.264 e. The van der Waals surface area contributed by atoms with E-state index in [1.807, 2.05) is 44.2 Å². The first-order chi connectivity index (χ1) is 18.4. The predicted molar refractivity (Wildman–Crippen MR) is 152 cm³/mol. The molecule has 9 heteroatoms. The standard InChI is InChI=1S/C30H36N2O6S/c1-20-7-9-24(17-21(20)2)37-16-15-31-29(33)28-19-32(39(34,35)25-12-10-23(36-6)11-13-25)26-18-22(30(3,4)5)8-14-27(26)38-28/h7-14,17-18,28H,15-16,19H2,1-6H3,(H,31,33). The summed E-state index contributed by atoms with van der Waals surface area (Å²) in [5, 5.41) is 2.81. The van der Waals surface area contributed by atoms with E-state index < -0.39 is 22.0 Å². The molecule has 0 radical (unpaired) electrons. The lowest BCUT2D eigenvalue weighted by Gasteiger charge is -2.36. The van der Waals surface area contributed by atoms with Gasteiger partial charge in [-0.3, -0.25) is 9.10 Å². The van der Waals surface area contributed by atoms with E-state index in [-0.39, 0.29) is 30.0 Å². The first-order valence-corrected chi connectivity index (χ1v) is 14.3. The van der Waals surface area contributed by atoms with E-state index >= 15 is 0 Å². The molecule has 1 N–H and O–H groups in total. The molecule has 0 spiro atoms. The molecule has 4 rings (SSSR count). The summed E-state index contributed by atoms with van der Waals surface area (Å²) in [7, 11) is -2.49. The average molecular weight is 553 g/mol. The fraction of sp³-hybridized carbons (Fsp3) is 0.367. The third-order valence-corrected chi connectivity index (χ3v) is 8.58. The maximum absolute atomic E-state index is 13.8. The summed E-state index contributed by atoms with van der Waals surface area (Å²) < 4.78 is 45.9. The normalized spacial score (nSPS) is 15.2. The number of fused-ring (bicyclic) bond motifs is 1. The fourth-order valence-corrected chi connectivity index (χ4v) is 5.69. The van der Waals surface area contributed by atoms with E-state index in [1.165, 1.54) is 29.1 Å². The second kappa shape index (κ2) is 11.2. The van der Waals surface area contributed by atoms with Crippen LogP contribution in [-0.2, 0) is 20.2 Å². The molecule has 3 aromatic rings. The number of rotatable bonds is 8. The fourth-order valence-electron chi connectivity index (χ4n) is 4.22. The van der Waals surface area contributed by atoms with Crippen LogP contribution in [0.4, 0.5) is 5.69 Å². The number of hydrogen-bond acceptors (Lipinski definition) is 6. The van der Waals surface area contributed by atoms with E-state index in [0.717, 1.165) is 16.9 Å². The van der Waals surface area contributed by atoms with Gasteiger partial charge in [-0.2, -0.15) is 0 Å². The van der Waals surface area contributed by atoms with Gasteiger partial charge in [0.15, 0.2) is 6.10 Å². The molecule has 1 amide bonds. The van der Waals surface area contributed by atoms with Gasteiger partial charge in [-0.25, -0.2) is 8.42 Å². The molecule has 0 bridgehead atoms. The van der Waals surface area contributed by atoms with Crippen LogP contribution in [0.5, 0.6) is 17.2 Å². The molecule has 3 aromatic carbocycles. The third-order valence-electron chi connectivity index (χ3n) is 6.78. The molecular formula is C30H36N2O6S. The van der Waals surface area contributed by atoms with Gasteiger partial charge in [0.2, 0.25) is 0 Å². The molecule has 0 aliphatic carbocycles. The summed E-state index contributed by atoms with van der Waals surface area (Å²) in [6.07, 6.45) is -1.03. The molecule has 1 unspecified atom stereocenters. The van der Waals surface area contributed by atoms with Crippen molar-refractivity contribution in [2.45, 2.75) is 51.0 Å². The van der Waals surface area contributed by atoms with Crippen LogP contribution >= 0.6 is 0 Å². The number of benzene rings is 3. The zero-order chi connectivity index (χ0) is 28.4. The molecular weight excluding hydrogens is 516 g/mol. The number of sulfonamides is 1. The summed E-state index contributed by atoms with van der Waals surface area (Å²) in [5.41, 5.74) is 3.44. The Bertz CT molecular complexity index is 1450. The van der Waals surface area contributed by atoms with Crippen LogP contribution in [-0.4, -0.2) is 47.2 Å². The van der Waals surface area contributed by atoms with E-state index in [2.05, 4.69) is 26.1 Å². The Labute approximate surface area is 230 Å². The first-order valence-electron chi connectivity index (χ1n) is 12.9. The van der Waals surface area contributed by atoms with Gasteiger partial charge in [-0.05, 0) is 84.5 Å². The van der Waals surface area contributed by atoms with Crippen molar-refractivity contribution in [1.82, 2.24) is 5.32 Å². The average Bonchev–Trinajstić information content (AvgIpc) is 2.91. The van der Waals surface area contributed by atoms with Gasteiger partial charge < -0.3 is 19.5 Å². The summed E-state index contributed by atoms with van der Waals surface area (Å²) in [6.45, 7) is 10.5. The number of methoxy groups -OCH3 is 1. The SMILES string of the molecule is COc1ccc(S(=O)(=O)N2CC(C(=O)NCCOc3ccc(C)c(C)c3)Oc3ccc(C(C)(C)C)cc32)cc1. The Kier molecular flexibility index (Phi) is 8.11. The number of carbonyl (C=O) groups excluding carboxylic acids is 1. The molecule has 1 heterocycles. The molecule has 8 nitrogen and oxygen atoms in total. The van der Waals surface area contributed by atoms with Crippen LogP contribution in [0.1, 0.15) is 37.5 Å². The zero-order valence-electron chi connectivity index (χ0n) is 23.3. The minimum absolute atomic E-state index is 0.0956. The van der Waals surface area contributed by atoms with Gasteiger partial charge in [-0.1, -0.05) is 32.9 Å². The first kappa shape index (κ1) is 28.3. The highest BCUT2D eigenvalue weighted by molar-refractivity contribution is 7.92. The third kappa shape index (κ3) is 6.30. The highest BCUT2D eigenvalue weighted by atomic mass is 32.2. The molecule has 0 saturated carbocycles. The Hall–Kier alpha value is -3.72. The Balaban J connectivity index is 1.55. The second-order valence-electron chi connectivity index (χ2n) is 10.6. The van der Waals surface area contributed by atoms with Crippen LogP contribution in [0, 0.1) is 13.8 Å². The molecule has 1 aliphatic rings. The van der Waals surface area contributed by atoms with Crippen molar-refractivity contribution in [1.29, 1.82) is 0 Å². The largest absolute Gasteiger partial charge is 0.497 e. The molecule has 0 fully saturated rings. The molecule has 208 valence electrons. The second-order valence-corrected chi connectivity index (χ2v) is 12.5. The number of ether oxygens (including phenoxy) is 3. The molecule has 1 aliphatic heterocycles. The highest BCUT2D eigenvalue weighted by Gasteiger charge is 2.38. The van der Waals surface area contributed by atoms with E-state index in [0.29, 0.717) is 17.2 Å². The van der Waals surface area contributed by atoms with Crippen LogP contribution in [0.15, 0.2) is 65.6 Å². The van der Waals surface area contributed by atoms with E-state index in [9.17, 15) is 13.2 Å². The van der Waals surface area contributed by atoms with Crippen LogP contribution in [0.3, 0.4) is 0 Å². The zero-order valence-corrected chi connectivity index (χ0v) is 24.1. The van der Waals surface area contributed by atoms with Crippen LogP contribution in [0.25, 0.3) is 0 Å². The van der Waals surface area contributed by atoms with Crippen molar-refractivity contribution in [3.05, 3.63) is 77.4 Å². The van der Waals surface area contributed by atoms with Gasteiger partial charge in [0.25, 0.3) is 15.9 Å². The lowest BCUT2D eigenvalue weighted by atomic mass is 9.86. The summed E-state index contributed by atoms with van der Waals surface area (Å²) in [5.74, 6) is 1.19. The number of aryl methyl sites for hydroxylation is 2. The number of nitrogens with one attached hydrogen (secondary N) is 1. The Morgan fingerprint density at radius 1 is 1.00 bits per heavy atom. The maximum atomic E-state index is 13.8. The van der Waals surface area contributed by atoms with Crippen molar-refractivity contribution >= 4 is 21.6 Å². The number of carbonyl (C=O) groups is 1. The summed E-state index contributed by atoms with van der Waals surface area (Å²) in [6, 6.07) is 17.5. The Morgan fingerprint density at radius 3 is 2.33 bits per heavy atom. The van der Waals surface area contributed by atoms with Gasteiger partial charge in [0.1, 0.15) is 23.9 Å². The van der Waals surface area contributed by atoms with E-state index in [4.69, 9.17) is 14.2 Å². The van der Waals surface area contributed by atoms with Crippen molar-refractivity contribution in [2.24, 2.45) is 0 Å². The van der Waals surface area contributed by atoms with Gasteiger partial charge >= 0.3 is 0 Å². The van der Waals surface area contributed by atoms with Crippen molar-refractivity contribution in [3.8, 4) is 17.2 Å². The Morgan fingerprint density at radius 2 is 1.69 bits per heavy atom. The predicted octanol–water partition coefficient (Wildman–Crippen LogP) is 4.76. The minimum atomic E-state index is -4.00. The lowest BCUT2D eigenvalue weighted by Crippen LogP contribution is -2.51. The number of nitrogens with zero attached hydrogens (tertiary/aromatic N) is 1. The monoisotopic (exact) mass is 552 g/mol. The summed E-state index contributed by atoms with van der Waals surface area (Å²) in [4.78, 5) is 13.2. The van der Waals surface area contributed by atoms with Gasteiger partial charge in [0.05, 0.1) is 30.8 Å².